The lowest BCUT2D eigenvalue weighted by molar-refractivity contribution is 0.0218. The van der Waals surface area contributed by atoms with E-state index in [2.05, 4.69) is 5.32 Å². The van der Waals surface area contributed by atoms with E-state index in [1.54, 1.807) is 4.90 Å². The predicted octanol–water partition coefficient (Wildman–Crippen LogP) is 3.70. The molecule has 1 aromatic rings. The number of likely N-dealkylation sites (tertiary alicyclic amines) is 1. The number of alkyl carbamates (subject to hydrolysis) is 1. The van der Waals surface area contributed by atoms with Gasteiger partial charge in [0, 0.05) is 13.1 Å². The molecule has 2 amide bonds. The van der Waals surface area contributed by atoms with Crippen molar-refractivity contribution >= 4 is 12.2 Å². The minimum absolute atomic E-state index is 0.0448. The Morgan fingerprint density at radius 1 is 1.23 bits per heavy atom. The van der Waals surface area contributed by atoms with Crippen molar-refractivity contribution in [3.8, 4) is 0 Å². The van der Waals surface area contributed by atoms with Gasteiger partial charge in [0.2, 0.25) is 0 Å². The summed E-state index contributed by atoms with van der Waals surface area (Å²) in [4.78, 5) is 26.3. The number of hydrogen-bond acceptors (Lipinski definition) is 4. The summed E-state index contributed by atoms with van der Waals surface area (Å²) in [7, 11) is 0. The highest BCUT2D eigenvalue weighted by molar-refractivity contribution is 5.70. The Kier molecular flexibility index (Phi) is 5.12. The SMILES string of the molecule is CC(C)(C)OC(=O)N1CC2(CC2)C[C@H]1CNC(=O)OCc1ccccc1. The highest BCUT2D eigenvalue weighted by atomic mass is 16.6. The van der Waals surface area contributed by atoms with Crippen molar-refractivity contribution in [1.82, 2.24) is 10.2 Å². The number of hydrogen-bond donors (Lipinski definition) is 1. The molecule has 0 aromatic heterocycles. The van der Waals surface area contributed by atoms with Crippen LogP contribution >= 0.6 is 0 Å². The molecule has 26 heavy (non-hydrogen) atoms. The summed E-state index contributed by atoms with van der Waals surface area (Å²) >= 11 is 0. The van der Waals surface area contributed by atoms with Crippen LogP contribution in [0, 0.1) is 5.41 Å². The second kappa shape index (κ2) is 7.17. The van der Waals surface area contributed by atoms with Gasteiger partial charge < -0.3 is 19.7 Å². The molecule has 6 nitrogen and oxygen atoms in total. The van der Waals surface area contributed by atoms with Gasteiger partial charge in [0.25, 0.3) is 0 Å². The summed E-state index contributed by atoms with van der Waals surface area (Å²) in [5.41, 5.74) is 0.649. The summed E-state index contributed by atoms with van der Waals surface area (Å²) < 4.78 is 10.8. The molecule has 1 heterocycles. The van der Waals surface area contributed by atoms with Crippen LogP contribution in [0.1, 0.15) is 45.6 Å². The minimum Gasteiger partial charge on any atom is -0.445 e. The molecule has 142 valence electrons. The van der Waals surface area contributed by atoms with E-state index in [0.717, 1.165) is 24.8 Å². The summed E-state index contributed by atoms with van der Waals surface area (Å²) in [6.07, 6.45) is 2.42. The molecule has 2 fully saturated rings. The number of nitrogens with one attached hydrogen (secondary N) is 1. The largest absolute Gasteiger partial charge is 0.445 e. The van der Waals surface area contributed by atoms with Gasteiger partial charge in [-0.2, -0.15) is 0 Å². The standard InChI is InChI=1S/C20H28N2O4/c1-19(2,3)26-18(24)22-14-20(9-10-20)11-16(22)12-21-17(23)25-13-15-7-5-4-6-8-15/h4-8,16H,9-14H2,1-3H3,(H,21,23)/t16-/m0/s1. The molecule has 0 unspecified atom stereocenters. The zero-order valence-corrected chi connectivity index (χ0v) is 15.8. The van der Waals surface area contributed by atoms with Gasteiger partial charge in [0.1, 0.15) is 12.2 Å². The van der Waals surface area contributed by atoms with Gasteiger partial charge in [0.15, 0.2) is 0 Å². The van der Waals surface area contributed by atoms with Crippen LogP contribution in [0.5, 0.6) is 0 Å². The smallest absolute Gasteiger partial charge is 0.410 e. The molecular formula is C20H28N2O4. The van der Waals surface area contributed by atoms with Crippen LogP contribution in [0.15, 0.2) is 30.3 Å². The van der Waals surface area contributed by atoms with Crippen LogP contribution in [0.3, 0.4) is 0 Å². The first kappa shape index (κ1) is 18.5. The molecule has 1 aliphatic carbocycles. The van der Waals surface area contributed by atoms with E-state index in [1.807, 2.05) is 51.1 Å². The molecule has 1 spiro atoms. The van der Waals surface area contributed by atoms with Crippen LogP contribution in [-0.2, 0) is 16.1 Å². The van der Waals surface area contributed by atoms with Crippen molar-refractivity contribution in [2.24, 2.45) is 5.41 Å². The van der Waals surface area contributed by atoms with E-state index in [1.165, 1.54) is 0 Å². The van der Waals surface area contributed by atoms with Crippen molar-refractivity contribution in [2.75, 3.05) is 13.1 Å². The lowest BCUT2D eigenvalue weighted by atomic mass is 10.0. The number of amides is 2. The summed E-state index contributed by atoms with van der Waals surface area (Å²) in [6, 6.07) is 9.50. The number of rotatable bonds is 4. The van der Waals surface area contributed by atoms with Gasteiger partial charge >= 0.3 is 12.2 Å². The summed E-state index contributed by atoms with van der Waals surface area (Å²) in [5, 5.41) is 2.80. The molecule has 1 saturated heterocycles. The summed E-state index contributed by atoms with van der Waals surface area (Å²) in [6.45, 7) is 6.92. The third kappa shape index (κ3) is 4.90. The Morgan fingerprint density at radius 3 is 2.54 bits per heavy atom. The number of ether oxygens (including phenoxy) is 2. The third-order valence-electron chi connectivity index (χ3n) is 4.90. The van der Waals surface area contributed by atoms with E-state index in [9.17, 15) is 9.59 Å². The van der Waals surface area contributed by atoms with Crippen LogP contribution in [-0.4, -0.2) is 41.8 Å². The van der Waals surface area contributed by atoms with Gasteiger partial charge in [-0.1, -0.05) is 30.3 Å². The normalized spacial score (nSPS) is 20.7. The van der Waals surface area contributed by atoms with Gasteiger partial charge in [-0.15, -0.1) is 0 Å². The Morgan fingerprint density at radius 2 is 1.92 bits per heavy atom. The number of nitrogens with zero attached hydrogens (tertiary/aromatic N) is 1. The van der Waals surface area contributed by atoms with Crippen molar-refractivity contribution in [2.45, 2.75) is 58.3 Å². The van der Waals surface area contributed by atoms with Gasteiger partial charge in [-0.25, -0.2) is 9.59 Å². The second-order valence-electron chi connectivity index (χ2n) is 8.41. The molecule has 1 aliphatic heterocycles. The topological polar surface area (TPSA) is 67.9 Å². The average Bonchev–Trinajstić information content (AvgIpc) is 3.22. The lowest BCUT2D eigenvalue weighted by Crippen LogP contribution is -2.45. The fourth-order valence-corrected chi connectivity index (χ4v) is 3.40. The Hall–Kier alpha value is -2.24. The molecule has 1 aromatic carbocycles. The van der Waals surface area contributed by atoms with E-state index < -0.39 is 11.7 Å². The highest BCUT2D eigenvalue weighted by Crippen LogP contribution is 2.54. The average molecular weight is 360 g/mol. The fourth-order valence-electron chi connectivity index (χ4n) is 3.40. The maximum Gasteiger partial charge on any atom is 0.410 e. The van der Waals surface area contributed by atoms with E-state index in [0.29, 0.717) is 13.1 Å². The molecule has 1 atom stereocenters. The molecule has 1 N–H and O–H groups in total. The Labute approximate surface area is 154 Å². The number of carbonyl (C=O) groups excluding carboxylic acids is 2. The van der Waals surface area contributed by atoms with Crippen molar-refractivity contribution in [3.05, 3.63) is 35.9 Å². The highest BCUT2D eigenvalue weighted by Gasteiger charge is 2.53. The molecule has 0 radical (unpaired) electrons. The van der Waals surface area contributed by atoms with Gasteiger partial charge in [0.05, 0.1) is 6.04 Å². The molecule has 0 bridgehead atoms. The second-order valence-corrected chi connectivity index (χ2v) is 8.41. The first-order chi connectivity index (χ1) is 12.3. The molecule has 2 aliphatic rings. The number of benzene rings is 1. The zero-order valence-electron chi connectivity index (χ0n) is 15.8. The van der Waals surface area contributed by atoms with E-state index in [-0.39, 0.29) is 24.2 Å². The van der Waals surface area contributed by atoms with E-state index >= 15 is 0 Å². The summed E-state index contributed by atoms with van der Waals surface area (Å²) in [5.74, 6) is 0. The molecular weight excluding hydrogens is 332 g/mol. The first-order valence-electron chi connectivity index (χ1n) is 9.21. The fraction of sp³-hybridized carbons (Fsp3) is 0.600. The monoisotopic (exact) mass is 360 g/mol. The van der Waals surface area contributed by atoms with E-state index in [4.69, 9.17) is 9.47 Å². The minimum atomic E-state index is -0.525. The maximum absolute atomic E-state index is 12.5. The lowest BCUT2D eigenvalue weighted by Gasteiger charge is -2.28. The third-order valence-corrected chi connectivity index (χ3v) is 4.90. The van der Waals surface area contributed by atoms with Crippen LogP contribution in [0.2, 0.25) is 0 Å². The van der Waals surface area contributed by atoms with Crippen LogP contribution < -0.4 is 5.32 Å². The Balaban J connectivity index is 1.50. The number of carbonyl (C=O) groups is 2. The predicted molar refractivity (Wildman–Crippen MR) is 97.6 cm³/mol. The van der Waals surface area contributed by atoms with Crippen LogP contribution in [0.4, 0.5) is 9.59 Å². The van der Waals surface area contributed by atoms with Crippen molar-refractivity contribution in [3.63, 3.8) is 0 Å². The first-order valence-corrected chi connectivity index (χ1v) is 9.21. The quantitative estimate of drug-likeness (QED) is 0.889. The molecule has 3 rings (SSSR count). The zero-order chi connectivity index (χ0) is 18.8. The Bertz CT molecular complexity index is 650. The molecule has 1 saturated carbocycles. The van der Waals surface area contributed by atoms with Crippen molar-refractivity contribution < 1.29 is 19.1 Å². The van der Waals surface area contributed by atoms with Gasteiger partial charge in [-0.05, 0) is 51.0 Å². The van der Waals surface area contributed by atoms with Crippen molar-refractivity contribution in [1.29, 1.82) is 0 Å². The van der Waals surface area contributed by atoms with Gasteiger partial charge in [-0.3, -0.25) is 0 Å². The maximum atomic E-state index is 12.5. The van der Waals surface area contributed by atoms with Crippen LogP contribution in [0.25, 0.3) is 0 Å². The molecule has 6 heteroatoms.